The number of hydrogen-bond acceptors (Lipinski definition) is 2. The highest BCUT2D eigenvalue weighted by Crippen LogP contribution is 2.30. The summed E-state index contributed by atoms with van der Waals surface area (Å²) in [4.78, 5) is 0. The van der Waals surface area contributed by atoms with Crippen molar-refractivity contribution in [2.45, 2.75) is 65.0 Å². The third-order valence-corrected chi connectivity index (χ3v) is 4.56. The Morgan fingerprint density at radius 1 is 1.33 bits per heavy atom. The SMILES string of the molecule is CCNC(C)c1ccc(OC2CCCC(CC)C2)cc1F. The summed E-state index contributed by atoms with van der Waals surface area (Å²) in [5, 5.41) is 3.24. The molecule has 118 valence electrons. The van der Waals surface area contributed by atoms with E-state index in [0.29, 0.717) is 11.3 Å². The smallest absolute Gasteiger partial charge is 0.131 e. The van der Waals surface area contributed by atoms with Gasteiger partial charge in [-0.15, -0.1) is 0 Å². The number of nitrogens with one attached hydrogen (secondary N) is 1. The molecular weight excluding hydrogens is 265 g/mol. The van der Waals surface area contributed by atoms with Crippen LogP contribution in [0.3, 0.4) is 0 Å². The van der Waals surface area contributed by atoms with Gasteiger partial charge in [0.25, 0.3) is 0 Å². The molecule has 0 spiro atoms. The van der Waals surface area contributed by atoms with E-state index >= 15 is 0 Å². The normalized spacial score (nSPS) is 23.8. The van der Waals surface area contributed by atoms with E-state index in [2.05, 4.69) is 12.2 Å². The van der Waals surface area contributed by atoms with E-state index in [0.717, 1.165) is 25.3 Å². The fraction of sp³-hybridized carbons (Fsp3) is 0.667. The van der Waals surface area contributed by atoms with E-state index in [1.54, 1.807) is 6.07 Å². The summed E-state index contributed by atoms with van der Waals surface area (Å²) < 4.78 is 20.2. The number of rotatable bonds is 6. The van der Waals surface area contributed by atoms with Gasteiger partial charge >= 0.3 is 0 Å². The maximum absolute atomic E-state index is 14.2. The highest BCUT2D eigenvalue weighted by atomic mass is 19.1. The van der Waals surface area contributed by atoms with Gasteiger partial charge in [-0.2, -0.15) is 0 Å². The molecule has 1 aromatic carbocycles. The number of benzene rings is 1. The minimum atomic E-state index is -0.177. The molecule has 2 rings (SSSR count). The molecule has 0 aliphatic heterocycles. The van der Waals surface area contributed by atoms with Crippen LogP contribution in [0.5, 0.6) is 5.75 Å². The zero-order valence-corrected chi connectivity index (χ0v) is 13.5. The van der Waals surface area contributed by atoms with Crippen LogP contribution in [0.25, 0.3) is 0 Å². The molecule has 0 aromatic heterocycles. The Morgan fingerprint density at radius 2 is 2.14 bits per heavy atom. The molecule has 1 N–H and O–H groups in total. The molecule has 1 aliphatic carbocycles. The lowest BCUT2D eigenvalue weighted by atomic mass is 9.85. The van der Waals surface area contributed by atoms with Gasteiger partial charge in [-0.05, 0) is 44.7 Å². The largest absolute Gasteiger partial charge is 0.490 e. The van der Waals surface area contributed by atoms with Gasteiger partial charge in [0.2, 0.25) is 0 Å². The van der Waals surface area contributed by atoms with Crippen molar-refractivity contribution in [3.63, 3.8) is 0 Å². The Hall–Kier alpha value is -1.09. The monoisotopic (exact) mass is 293 g/mol. The lowest BCUT2D eigenvalue weighted by Crippen LogP contribution is -2.25. The molecule has 1 saturated carbocycles. The zero-order valence-electron chi connectivity index (χ0n) is 13.5. The van der Waals surface area contributed by atoms with E-state index < -0.39 is 0 Å². The van der Waals surface area contributed by atoms with Crippen molar-refractivity contribution >= 4 is 0 Å². The average Bonchev–Trinajstić information content (AvgIpc) is 2.47. The molecular formula is C18H28FNO. The van der Waals surface area contributed by atoms with Crippen LogP contribution in [0.4, 0.5) is 4.39 Å². The van der Waals surface area contributed by atoms with Crippen molar-refractivity contribution in [1.82, 2.24) is 5.32 Å². The van der Waals surface area contributed by atoms with Crippen LogP contribution in [0.15, 0.2) is 18.2 Å². The van der Waals surface area contributed by atoms with E-state index in [1.165, 1.54) is 19.3 Å². The molecule has 0 bridgehead atoms. The summed E-state index contributed by atoms with van der Waals surface area (Å²) in [5.74, 6) is 1.26. The zero-order chi connectivity index (χ0) is 15.2. The Kier molecular flexibility index (Phi) is 6.04. The molecule has 3 atom stereocenters. The maximum atomic E-state index is 14.2. The molecule has 1 fully saturated rings. The Labute approximate surface area is 128 Å². The molecule has 1 aliphatic rings. The molecule has 21 heavy (non-hydrogen) atoms. The van der Waals surface area contributed by atoms with Crippen LogP contribution < -0.4 is 10.1 Å². The Balaban J connectivity index is 1.99. The van der Waals surface area contributed by atoms with Crippen molar-refractivity contribution in [3.8, 4) is 5.75 Å². The fourth-order valence-corrected chi connectivity index (χ4v) is 3.26. The topological polar surface area (TPSA) is 21.3 Å². The van der Waals surface area contributed by atoms with Crippen molar-refractivity contribution in [2.75, 3.05) is 6.54 Å². The Morgan fingerprint density at radius 3 is 2.81 bits per heavy atom. The van der Waals surface area contributed by atoms with Crippen LogP contribution >= 0.6 is 0 Å². The molecule has 0 heterocycles. The first-order valence-corrected chi connectivity index (χ1v) is 8.33. The van der Waals surface area contributed by atoms with Gasteiger partial charge in [-0.3, -0.25) is 0 Å². The maximum Gasteiger partial charge on any atom is 0.131 e. The third kappa shape index (κ3) is 4.44. The highest BCUT2D eigenvalue weighted by molar-refractivity contribution is 5.30. The standard InChI is InChI=1S/C18H28FNO/c1-4-14-7-6-8-15(11-14)21-16-9-10-17(18(19)12-16)13(3)20-5-2/h9-10,12-15,20H,4-8,11H2,1-3H3. The van der Waals surface area contributed by atoms with Gasteiger partial charge in [-0.1, -0.05) is 32.8 Å². The van der Waals surface area contributed by atoms with E-state index in [9.17, 15) is 4.39 Å². The van der Waals surface area contributed by atoms with Crippen molar-refractivity contribution < 1.29 is 9.13 Å². The first-order chi connectivity index (χ1) is 10.1. The summed E-state index contributed by atoms with van der Waals surface area (Å²) in [6.45, 7) is 7.08. The van der Waals surface area contributed by atoms with Gasteiger partial charge in [0, 0.05) is 17.7 Å². The summed E-state index contributed by atoms with van der Waals surface area (Å²) in [6, 6.07) is 5.32. The predicted octanol–water partition coefficient (Wildman–Crippen LogP) is 4.84. The third-order valence-electron chi connectivity index (χ3n) is 4.56. The second kappa shape index (κ2) is 7.79. The minimum absolute atomic E-state index is 0.0307. The lowest BCUT2D eigenvalue weighted by molar-refractivity contribution is 0.121. The quantitative estimate of drug-likeness (QED) is 0.810. The molecule has 2 nitrogen and oxygen atoms in total. The van der Waals surface area contributed by atoms with Gasteiger partial charge < -0.3 is 10.1 Å². The lowest BCUT2D eigenvalue weighted by Gasteiger charge is -2.29. The summed E-state index contributed by atoms with van der Waals surface area (Å²) in [7, 11) is 0. The number of halogens is 1. The van der Waals surface area contributed by atoms with E-state index in [4.69, 9.17) is 4.74 Å². The van der Waals surface area contributed by atoms with Crippen LogP contribution in [-0.4, -0.2) is 12.6 Å². The molecule has 1 aromatic rings. The first-order valence-electron chi connectivity index (χ1n) is 8.33. The second-order valence-electron chi connectivity index (χ2n) is 6.14. The van der Waals surface area contributed by atoms with Crippen LogP contribution in [-0.2, 0) is 0 Å². The van der Waals surface area contributed by atoms with E-state index in [1.807, 2.05) is 26.0 Å². The van der Waals surface area contributed by atoms with Gasteiger partial charge in [-0.25, -0.2) is 4.39 Å². The highest BCUT2D eigenvalue weighted by Gasteiger charge is 2.22. The second-order valence-corrected chi connectivity index (χ2v) is 6.14. The number of ether oxygens (including phenoxy) is 1. The summed E-state index contributed by atoms with van der Waals surface area (Å²) in [5.41, 5.74) is 0.708. The van der Waals surface area contributed by atoms with Crippen LogP contribution in [0.1, 0.15) is 64.5 Å². The number of hydrogen-bond donors (Lipinski definition) is 1. The molecule has 0 amide bonds. The molecule has 0 radical (unpaired) electrons. The van der Waals surface area contributed by atoms with Gasteiger partial charge in [0.05, 0.1) is 6.10 Å². The Bertz CT molecular complexity index is 449. The minimum Gasteiger partial charge on any atom is -0.490 e. The van der Waals surface area contributed by atoms with Crippen molar-refractivity contribution in [3.05, 3.63) is 29.6 Å². The summed E-state index contributed by atoms with van der Waals surface area (Å²) >= 11 is 0. The first kappa shape index (κ1) is 16.3. The molecule has 3 heteroatoms. The predicted molar refractivity (Wildman–Crippen MR) is 85.2 cm³/mol. The molecule has 3 unspecified atom stereocenters. The fourth-order valence-electron chi connectivity index (χ4n) is 3.26. The van der Waals surface area contributed by atoms with Gasteiger partial charge in [0.15, 0.2) is 0 Å². The van der Waals surface area contributed by atoms with Crippen molar-refractivity contribution in [2.24, 2.45) is 5.92 Å². The van der Waals surface area contributed by atoms with Crippen molar-refractivity contribution in [1.29, 1.82) is 0 Å². The van der Waals surface area contributed by atoms with Crippen LogP contribution in [0, 0.1) is 11.7 Å². The van der Waals surface area contributed by atoms with Gasteiger partial charge in [0.1, 0.15) is 11.6 Å². The van der Waals surface area contributed by atoms with E-state index in [-0.39, 0.29) is 18.0 Å². The average molecular weight is 293 g/mol. The summed E-state index contributed by atoms with van der Waals surface area (Å²) in [6.07, 6.45) is 6.19. The molecule has 0 saturated heterocycles. The van der Waals surface area contributed by atoms with Crippen LogP contribution in [0.2, 0.25) is 0 Å².